The van der Waals surface area contributed by atoms with Crippen molar-refractivity contribution in [3.8, 4) is 0 Å². The third-order valence-electron chi connectivity index (χ3n) is 4.04. The molecule has 2 aromatic carbocycles. The molecule has 0 radical (unpaired) electrons. The van der Waals surface area contributed by atoms with Crippen molar-refractivity contribution in [2.24, 2.45) is 0 Å². The molecule has 1 aliphatic rings. The molecular formula is C18H15BrFNO3. The first-order valence-electron chi connectivity index (χ1n) is 7.36. The van der Waals surface area contributed by atoms with Gasteiger partial charge in [0, 0.05) is 6.54 Å². The van der Waals surface area contributed by atoms with Crippen molar-refractivity contribution in [2.75, 3.05) is 7.11 Å². The third-order valence-corrected chi connectivity index (χ3v) is 4.82. The molecule has 1 amide bonds. The molecule has 4 nitrogen and oxygen atoms in total. The summed E-state index contributed by atoms with van der Waals surface area (Å²) in [6.07, 6.45) is 0. The van der Waals surface area contributed by atoms with E-state index in [4.69, 9.17) is 0 Å². The average Bonchev–Trinajstić information content (AvgIpc) is 2.61. The second kappa shape index (κ2) is 6.36. The van der Waals surface area contributed by atoms with Gasteiger partial charge in [0.1, 0.15) is 6.04 Å². The van der Waals surface area contributed by atoms with Crippen molar-refractivity contribution in [3.63, 3.8) is 0 Å². The van der Waals surface area contributed by atoms with Gasteiger partial charge in [-0.1, -0.05) is 42.5 Å². The summed E-state index contributed by atoms with van der Waals surface area (Å²) < 4.78 is 17.2. The number of carbonyl (C=O) groups excluding carboxylic acids is 2. The first-order valence-corrected chi connectivity index (χ1v) is 8.15. The zero-order valence-corrected chi connectivity index (χ0v) is 14.5. The predicted octanol–water partition coefficient (Wildman–Crippen LogP) is 3.62. The largest absolute Gasteiger partial charge is 0.465 e. The first kappa shape index (κ1) is 16.6. The molecular weight excluding hydrogens is 377 g/mol. The van der Waals surface area contributed by atoms with Crippen molar-refractivity contribution in [1.82, 2.24) is 4.90 Å². The van der Waals surface area contributed by atoms with Gasteiger partial charge in [-0.3, -0.25) is 4.79 Å². The molecule has 0 bridgehead atoms. The van der Waals surface area contributed by atoms with E-state index in [0.29, 0.717) is 17.7 Å². The van der Waals surface area contributed by atoms with Gasteiger partial charge < -0.3 is 9.64 Å². The van der Waals surface area contributed by atoms with Gasteiger partial charge in [0.05, 0.1) is 12.7 Å². The minimum absolute atomic E-state index is 0.320. The minimum Gasteiger partial charge on any atom is -0.465 e. The van der Waals surface area contributed by atoms with Crippen molar-refractivity contribution in [2.45, 2.75) is 17.2 Å². The number of esters is 1. The summed E-state index contributed by atoms with van der Waals surface area (Å²) in [6, 6.07) is 15.0. The number of ether oxygens (including phenoxy) is 1. The van der Waals surface area contributed by atoms with E-state index < -0.39 is 22.5 Å². The lowest BCUT2D eigenvalue weighted by molar-refractivity contribution is -0.164. The molecule has 2 aromatic rings. The fraction of sp³-hybridized carbons (Fsp3) is 0.222. The van der Waals surface area contributed by atoms with Crippen LogP contribution in [0.4, 0.5) is 4.39 Å². The molecule has 6 heteroatoms. The summed E-state index contributed by atoms with van der Waals surface area (Å²) in [7, 11) is 1.30. The van der Waals surface area contributed by atoms with Gasteiger partial charge in [-0.15, -0.1) is 0 Å². The van der Waals surface area contributed by atoms with Crippen LogP contribution in [0.5, 0.6) is 0 Å². The van der Waals surface area contributed by atoms with E-state index in [2.05, 4.69) is 20.7 Å². The Hall–Kier alpha value is -2.21. The second-order valence-corrected chi connectivity index (χ2v) is 6.71. The van der Waals surface area contributed by atoms with Crippen LogP contribution in [0.25, 0.3) is 0 Å². The summed E-state index contributed by atoms with van der Waals surface area (Å²) >= 11 is 2.90. The number of methoxy groups -OCH3 is 1. The Bertz CT molecular complexity index is 762. The number of nitrogens with zero attached hydrogens (tertiary/aromatic N) is 1. The van der Waals surface area contributed by atoms with E-state index in [9.17, 15) is 14.0 Å². The number of hydrogen-bond acceptors (Lipinski definition) is 3. The fourth-order valence-corrected chi connectivity index (χ4v) is 3.55. The molecule has 1 aliphatic heterocycles. The highest BCUT2D eigenvalue weighted by Crippen LogP contribution is 2.50. The molecule has 124 valence electrons. The Morgan fingerprint density at radius 2 is 1.83 bits per heavy atom. The van der Waals surface area contributed by atoms with Crippen LogP contribution in [0.3, 0.4) is 0 Å². The molecule has 24 heavy (non-hydrogen) atoms. The zero-order chi connectivity index (χ0) is 17.3. The SMILES string of the molecule is COC(=O)c1ccc([C@H]2N(Cc3ccccc3)C(=O)[C@@]2(F)Br)cc1. The maximum Gasteiger partial charge on any atom is 0.337 e. The molecule has 1 fully saturated rings. The Morgan fingerprint density at radius 3 is 2.42 bits per heavy atom. The quantitative estimate of drug-likeness (QED) is 0.454. The normalized spacial score (nSPS) is 22.9. The van der Waals surface area contributed by atoms with Crippen molar-refractivity contribution < 1.29 is 18.7 Å². The van der Waals surface area contributed by atoms with Gasteiger partial charge in [0.25, 0.3) is 10.5 Å². The number of benzene rings is 2. The second-order valence-electron chi connectivity index (χ2n) is 5.56. The van der Waals surface area contributed by atoms with Gasteiger partial charge in [-0.25, -0.2) is 9.18 Å². The molecule has 1 saturated heterocycles. The van der Waals surface area contributed by atoms with Gasteiger partial charge in [0.15, 0.2) is 0 Å². The smallest absolute Gasteiger partial charge is 0.337 e. The number of amides is 1. The Kier molecular flexibility index (Phi) is 4.41. The molecule has 2 atom stereocenters. The molecule has 0 unspecified atom stereocenters. The lowest BCUT2D eigenvalue weighted by Gasteiger charge is -2.48. The van der Waals surface area contributed by atoms with Crippen LogP contribution in [-0.2, 0) is 16.1 Å². The Morgan fingerprint density at radius 1 is 1.21 bits per heavy atom. The number of hydrogen-bond donors (Lipinski definition) is 0. The van der Waals surface area contributed by atoms with Gasteiger partial charge >= 0.3 is 5.97 Å². The van der Waals surface area contributed by atoms with Crippen LogP contribution in [0.1, 0.15) is 27.5 Å². The Labute approximate surface area is 147 Å². The topological polar surface area (TPSA) is 46.6 Å². The highest BCUT2D eigenvalue weighted by atomic mass is 79.9. The molecule has 0 N–H and O–H groups in total. The summed E-state index contributed by atoms with van der Waals surface area (Å²) in [5.41, 5.74) is 1.91. The van der Waals surface area contributed by atoms with Crippen LogP contribution in [0.2, 0.25) is 0 Å². The number of likely N-dealkylation sites (tertiary alicyclic amines) is 1. The van der Waals surface area contributed by atoms with E-state index in [1.54, 1.807) is 24.3 Å². The monoisotopic (exact) mass is 391 g/mol. The number of halogens is 2. The number of carbonyl (C=O) groups is 2. The lowest BCUT2D eigenvalue weighted by atomic mass is 9.90. The number of β-lactam (4-membered cyclic amide) rings is 1. The third kappa shape index (κ3) is 2.82. The van der Waals surface area contributed by atoms with Gasteiger partial charge in [-0.2, -0.15) is 0 Å². The maximum atomic E-state index is 14.7. The molecule has 0 aromatic heterocycles. The maximum absolute atomic E-state index is 14.7. The van der Waals surface area contributed by atoms with Crippen LogP contribution in [0, 0.1) is 0 Å². The molecule has 0 aliphatic carbocycles. The van der Waals surface area contributed by atoms with Crippen molar-refractivity contribution in [1.29, 1.82) is 0 Å². The van der Waals surface area contributed by atoms with E-state index in [1.165, 1.54) is 12.0 Å². The highest BCUT2D eigenvalue weighted by Gasteiger charge is 2.61. The van der Waals surface area contributed by atoms with E-state index in [-0.39, 0.29) is 0 Å². The summed E-state index contributed by atoms with van der Waals surface area (Å²) in [5.74, 6) is -1.06. The lowest BCUT2D eigenvalue weighted by Crippen LogP contribution is -2.62. The molecule has 3 rings (SSSR count). The van der Waals surface area contributed by atoms with E-state index >= 15 is 0 Å². The van der Waals surface area contributed by atoms with Crippen molar-refractivity contribution >= 4 is 27.8 Å². The van der Waals surface area contributed by atoms with Crippen molar-refractivity contribution in [3.05, 3.63) is 71.3 Å². The summed E-state index contributed by atoms with van der Waals surface area (Å²) in [4.78, 5) is 25.1. The summed E-state index contributed by atoms with van der Waals surface area (Å²) in [5, 5.41) is 0. The molecule has 0 saturated carbocycles. The molecule has 0 spiro atoms. The number of rotatable bonds is 4. The van der Waals surface area contributed by atoms with Crippen LogP contribution in [0.15, 0.2) is 54.6 Å². The van der Waals surface area contributed by atoms with Gasteiger partial charge in [-0.05, 0) is 39.2 Å². The average molecular weight is 392 g/mol. The van der Waals surface area contributed by atoms with Crippen LogP contribution in [-0.4, -0.2) is 28.5 Å². The standard InChI is InChI=1S/C18H15BrFNO3/c1-24-16(22)14-9-7-13(8-10-14)15-18(19,20)17(23)21(15)11-12-5-3-2-4-6-12/h2-10,15H,11H2,1H3/t15-,18-/m1/s1. The minimum atomic E-state index is -2.13. The first-order chi connectivity index (χ1) is 11.4. The highest BCUT2D eigenvalue weighted by molar-refractivity contribution is 9.10. The van der Waals surface area contributed by atoms with E-state index in [1.807, 2.05) is 30.3 Å². The summed E-state index contributed by atoms with van der Waals surface area (Å²) in [6.45, 7) is 0.320. The zero-order valence-electron chi connectivity index (χ0n) is 12.9. The van der Waals surface area contributed by atoms with Crippen LogP contribution < -0.4 is 0 Å². The molecule has 1 heterocycles. The van der Waals surface area contributed by atoms with E-state index in [0.717, 1.165) is 5.56 Å². The van der Waals surface area contributed by atoms with Crippen LogP contribution >= 0.6 is 15.9 Å². The predicted molar refractivity (Wildman–Crippen MR) is 90.3 cm³/mol. The number of alkyl halides is 2. The fourth-order valence-electron chi connectivity index (χ4n) is 2.81. The van der Waals surface area contributed by atoms with Gasteiger partial charge in [0.2, 0.25) is 0 Å². The Balaban J connectivity index is 1.86.